The second-order valence-electron chi connectivity index (χ2n) is 4.32. The predicted octanol–water partition coefficient (Wildman–Crippen LogP) is 0.826. The quantitative estimate of drug-likeness (QED) is 0.816. The summed E-state index contributed by atoms with van der Waals surface area (Å²) in [6.45, 7) is 2.66. The van der Waals surface area contributed by atoms with Crippen molar-refractivity contribution in [1.29, 1.82) is 0 Å². The first kappa shape index (κ1) is 13.8. The van der Waals surface area contributed by atoms with E-state index in [1.165, 1.54) is 11.4 Å². The second-order valence-corrected chi connectivity index (χ2v) is 6.00. The van der Waals surface area contributed by atoms with Gasteiger partial charge in [-0.2, -0.15) is 13.1 Å². The lowest BCUT2D eigenvalue weighted by Gasteiger charge is -2.29. The summed E-state index contributed by atoms with van der Waals surface area (Å²) < 4.78 is 32.3. The number of methoxy groups -OCH3 is 1. The molecule has 6 nitrogen and oxygen atoms in total. The maximum Gasteiger partial charge on any atom is 0.337 e. The molecule has 0 amide bonds. The number of esters is 1. The molecule has 1 fully saturated rings. The predicted molar refractivity (Wildman–Crippen MR) is 71.4 cm³/mol. The minimum atomic E-state index is -3.47. The molecule has 1 N–H and O–H groups in total. The first-order chi connectivity index (χ1) is 8.95. The third kappa shape index (κ3) is 2.71. The number of rotatable bonds is 2. The van der Waals surface area contributed by atoms with Crippen molar-refractivity contribution in [2.24, 2.45) is 0 Å². The Labute approximate surface area is 112 Å². The average molecular weight is 284 g/mol. The van der Waals surface area contributed by atoms with E-state index in [9.17, 15) is 13.2 Å². The maximum atomic E-state index is 11.9. The zero-order chi connectivity index (χ0) is 14.0. The standard InChI is InChI=1S/C12H16N2O4S/c1-9-8-10(12(15)18-2)4-5-11(9)14-7-3-6-13-19(14,16)17/h4-5,8,13H,3,6-7H2,1-2H3. The molecule has 0 aromatic heterocycles. The highest BCUT2D eigenvalue weighted by Crippen LogP contribution is 2.25. The van der Waals surface area contributed by atoms with Crippen molar-refractivity contribution in [3.63, 3.8) is 0 Å². The second kappa shape index (κ2) is 5.18. The lowest BCUT2D eigenvalue weighted by Crippen LogP contribution is -2.47. The number of carbonyl (C=O) groups excluding carboxylic acids is 1. The molecule has 1 heterocycles. The summed E-state index contributed by atoms with van der Waals surface area (Å²) in [7, 11) is -2.16. The van der Waals surface area contributed by atoms with Gasteiger partial charge in [-0.05, 0) is 37.1 Å². The molecule has 1 aliphatic heterocycles. The topological polar surface area (TPSA) is 75.7 Å². The molecular weight excluding hydrogens is 268 g/mol. The molecule has 0 aliphatic carbocycles. The van der Waals surface area contributed by atoms with Crippen LogP contribution in [0.2, 0.25) is 0 Å². The summed E-state index contributed by atoms with van der Waals surface area (Å²) in [5.74, 6) is -0.436. The SMILES string of the molecule is COC(=O)c1ccc(N2CCCNS2(=O)=O)c(C)c1. The monoisotopic (exact) mass is 284 g/mol. The third-order valence-corrected chi connectivity index (χ3v) is 4.53. The van der Waals surface area contributed by atoms with Crippen molar-refractivity contribution in [2.75, 3.05) is 24.5 Å². The molecule has 1 aromatic rings. The molecule has 7 heteroatoms. The summed E-state index contributed by atoms with van der Waals surface area (Å²) >= 11 is 0. The van der Waals surface area contributed by atoms with E-state index >= 15 is 0 Å². The van der Waals surface area contributed by atoms with Crippen LogP contribution in [0.25, 0.3) is 0 Å². The summed E-state index contributed by atoms with van der Waals surface area (Å²) in [6.07, 6.45) is 0.747. The molecule has 104 valence electrons. The van der Waals surface area contributed by atoms with E-state index in [1.54, 1.807) is 25.1 Å². The number of nitrogens with zero attached hydrogens (tertiary/aromatic N) is 1. The normalized spacial score (nSPS) is 18.1. The fraction of sp³-hybridized carbons (Fsp3) is 0.417. The average Bonchev–Trinajstić information content (AvgIpc) is 2.38. The van der Waals surface area contributed by atoms with Crippen LogP contribution in [0.4, 0.5) is 5.69 Å². The van der Waals surface area contributed by atoms with Gasteiger partial charge >= 0.3 is 16.2 Å². The highest BCUT2D eigenvalue weighted by atomic mass is 32.2. The Balaban J connectivity index is 2.38. The van der Waals surface area contributed by atoms with E-state index in [0.717, 1.165) is 12.0 Å². The Morgan fingerprint density at radius 3 is 2.74 bits per heavy atom. The summed E-state index contributed by atoms with van der Waals surface area (Å²) in [6, 6.07) is 4.83. The number of hydrogen-bond donors (Lipinski definition) is 1. The van der Waals surface area contributed by atoms with Gasteiger partial charge in [-0.3, -0.25) is 4.31 Å². The van der Waals surface area contributed by atoms with Gasteiger partial charge in [-0.1, -0.05) is 0 Å². The molecule has 0 saturated carbocycles. The number of ether oxygens (including phenoxy) is 1. The molecule has 0 spiro atoms. The third-order valence-electron chi connectivity index (χ3n) is 3.00. The van der Waals surface area contributed by atoms with Crippen molar-refractivity contribution in [3.8, 4) is 0 Å². The number of hydrogen-bond acceptors (Lipinski definition) is 4. The van der Waals surface area contributed by atoms with E-state index in [2.05, 4.69) is 9.46 Å². The van der Waals surface area contributed by atoms with E-state index in [0.29, 0.717) is 24.3 Å². The molecule has 19 heavy (non-hydrogen) atoms. The van der Waals surface area contributed by atoms with Gasteiger partial charge in [0.15, 0.2) is 0 Å². The lowest BCUT2D eigenvalue weighted by molar-refractivity contribution is 0.0600. The van der Waals surface area contributed by atoms with Gasteiger partial charge in [0.1, 0.15) is 0 Å². The molecule has 0 unspecified atom stereocenters. The van der Waals surface area contributed by atoms with Gasteiger partial charge in [0.2, 0.25) is 0 Å². The number of benzene rings is 1. The van der Waals surface area contributed by atoms with Gasteiger partial charge in [0.05, 0.1) is 18.4 Å². The lowest BCUT2D eigenvalue weighted by atomic mass is 10.1. The number of anilines is 1. The molecular formula is C12H16N2O4S. The van der Waals surface area contributed by atoms with Gasteiger partial charge in [-0.25, -0.2) is 4.79 Å². The van der Waals surface area contributed by atoms with Crippen molar-refractivity contribution < 1.29 is 17.9 Å². The summed E-state index contributed by atoms with van der Waals surface area (Å²) in [5.41, 5.74) is 1.71. The van der Waals surface area contributed by atoms with Crippen LogP contribution in [0.3, 0.4) is 0 Å². The number of aryl methyl sites for hydroxylation is 1. The minimum Gasteiger partial charge on any atom is -0.465 e. The zero-order valence-corrected chi connectivity index (χ0v) is 11.7. The Kier molecular flexibility index (Phi) is 3.77. The van der Waals surface area contributed by atoms with Gasteiger partial charge in [-0.15, -0.1) is 0 Å². The number of nitrogens with one attached hydrogen (secondary N) is 1. The molecule has 2 rings (SSSR count). The summed E-state index contributed by atoms with van der Waals surface area (Å²) in [4.78, 5) is 11.4. The minimum absolute atomic E-state index is 0.408. The first-order valence-corrected chi connectivity index (χ1v) is 7.36. The molecule has 0 radical (unpaired) electrons. The zero-order valence-electron chi connectivity index (χ0n) is 10.8. The first-order valence-electron chi connectivity index (χ1n) is 5.92. The number of carbonyl (C=O) groups is 1. The van der Waals surface area contributed by atoms with E-state index in [-0.39, 0.29) is 0 Å². The van der Waals surface area contributed by atoms with Gasteiger partial charge in [0.25, 0.3) is 0 Å². The van der Waals surface area contributed by atoms with Crippen LogP contribution in [0.1, 0.15) is 22.3 Å². The van der Waals surface area contributed by atoms with Gasteiger partial charge in [0, 0.05) is 13.1 Å². The molecule has 1 aliphatic rings. The summed E-state index contributed by atoms with van der Waals surface area (Å²) in [5, 5.41) is 0. The van der Waals surface area contributed by atoms with Crippen LogP contribution < -0.4 is 9.03 Å². The van der Waals surface area contributed by atoms with Gasteiger partial charge < -0.3 is 4.74 Å². The van der Waals surface area contributed by atoms with Crippen LogP contribution in [0.5, 0.6) is 0 Å². The Bertz CT molecular complexity index is 598. The van der Waals surface area contributed by atoms with Crippen LogP contribution >= 0.6 is 0 Å². The van der Waals surface area contributed by atoms with Crippen molar-refractivity contribution in [3.05, 3.63) is 29.3 Å². The molecule has 1 saturated heterocycles. The van der Waals surface area contributed by atoms with Crippen molar-refractivity contribution in [2.45, 2.75) is 13.3 Å². The van der Waals surface area contributed by atoms with Crippen LogP contribution in [0, 0.1) is 6.92 Å². The Morgan fingerprint density at radius 1 is 1.42 bits per heavy atom. The molecule has 0 atom stereocenters. The van der Waals surface area contributed by atoms with E-state index in [1.807, 2.05) is 0 Å². The van der Waals surface area contributed by atoms with Crippen LogP contribution in [-0.4, -0.2) is 34.6 Å². The van der Waals surface area contributed by atoms with Crippen LogP contribution in [0.15, 0.2) is 18.2 Å². The highest BCUT2D eigenvalue weighted by molar-refractivity contribution is 7.90. The fourth-order valence-corrected chi connectivity index (χ4v) is 3.44. The largest absolute Gasteiger partial charge is 0.465 e. The van der Waals surface area contributed by atoms with E-state index < -0.39 is 16.2 Å². The Hall–Kier alpha value is -1.60. The highest BCUT2D eigenvalue weighted by Gasteiger charge is 2.26. The van der Waals surface area contributed by atoms with E-state index in [4.69, 9.17) is 0 Å². The molecule has 0 bridgehead atoms. The van der Waals surface area contributed by atoms with Crippen molar-refractivity contribution in [1.82, 2.24) is 4.72 Å². The fourth-order valence-electron chi connectivity index (χ4n) is 2.05. The maximum absolute atomic E-state index is 11.9. The smallest absolute Gasteiger partial charge is 0.337 e. The Morgan fingerprint density at radius 2 is 2.16 bits per heavy atom. The van der Waals surface area contributed by atoms with Crippen LogP contribution in [-0.2, 0) is 14.9 Å². The van der Waals surface area contributed by atoms with Crippen molar-refractivity contribution >= 4 is 21.9 Å². The molecule has 1 aromatic carbocycles.